The Morgan fingerprint density at radius 2 is 1.70 bits per heavy atom. The van der Waals surface area contributed by atoms with E-state index >= 15 is 0 Å². The van der Waals surface area contributed by atoms with Gasteiger partial charge in [-0.05, 0) is 67.6 Å². The molecule has 5 heteroatoms. The van der Waals surface area contributed by atoms with Crippen molar-refractivity contribution in [3.63, 3.8) is 0 Å². The maximum absolute atomic E-state index is 13.1. The topological polar surface area (TPSA) is 83.8 Å². The first kappa shape index (κ1) is 19.4. The maximum Gasteiger partial charge on any atom is 0.312 e. The third kappa shape index (κ3) is 2.43. The Balaban J connectivity index is 1.68. The van der Waals surface area contributed by atoms with Gasteiger partial charge < -0.3 is 14.9 Å². The zero-order valence-electron chi connectivity index (χ0n) is 17.1. The van der Waals surface area contributed by atoms with Gasteiger partial charge >= 0.3 is 5.97 Å². The molecule has 0 aromatic heterocycles. The molecule has 4 aliphatic rings. The molecule has 0 radical (unpaired) electrons. The standard InChI is InChI=1S/C22H34O5/c1-19-9-10-22(25,26)12-16(19)17(23)11-13-14(19)5-7-20(2)15(13)6-8-21(20,3)18(24)27-4/h13-16,25-26H,5-12H2,1-4H3/t13-,14+,15+,16?,19-,20+,21-/m1/s1. The van der Waals surface area contributed by atoms with Gasteiger partial charge in [0.15, 0.2) is 5.79 Å². The zero-order valence-corrected chi connectivity index (χ0v) is 17.1. The van der Waals surface area contributed by atoms with Crippen molar-refractivity contribution in [3.8, 4) is 0 Å². The molecule has 27 heavy (non-hydrogen) atoms. The largest absolute Gasteiger partial charge is 0.469 e. The van der Waals surface area contributed by atoms with E-state index in [0.717, 1.165) is 25.7 Å². The van der Waals surface area contributed by atoms with E-state index in [1.54, 1.807) is 0 Å². The second-order valence-electron chi connectivity index (χ2n) is 10.6. The lowest BCUT2D eigenvalue weighted by Gasteiger charge is -2.61. The number of aliphatic hydroxyl groups is 2. The Morgan fingerprint density at radius 3 is 2.37 bits per heavy atom. The molecule has 4 fully saturated rings. The first-order valence-corrected chi connectivity index (χ1v) is 10.5. The summed E-state index contributed by atoms with van der Waals surface area (Å²) in [4.78, 5) is 25.7. The number of methoxy groups -OCH3 is 1. The summed E-state index contributed by atoms with van der Waals surface area (Å²) in [6.07, 6.45) is 5.52. The highest BCUT2D eigenvalue weighted by atomic mass is 16.5. The summed E-state index contributed by atoms with van der Waals surface area (Å²) in [6.45, 7) is 6.50. The number of ether oxygens (including phenoxy) is 1. The normalized spacial score (nSPS) is 51.1. The Kier molecular flexibility index (Phi) is 4.16. The molecule has 0 bridgehead atoms. The van der Waals surface area contributed by atoms with Crippen LogP contribution in [-0.2, 0) is 14.3 Å². The summed E-state index contributed by atoms with van der Waals surface area (Å²) < 4.78 is 5.18. The number of carbonyl (C=O) groups excluding carboxylic acids is 2. The monoisotopic (exact) mass is 378 g/mol. The quantitative estimate of drug-likeness (QED) is 0.541. The number of hydrogen-bond donors (Lipinski definition) is 2. The number of esters is 1. The molecule has 5 nitrogen and oxygen atoms in total. The molecule has 2 N–H and O–H groups in total. The molecule has 0 saturated heterocycles. The summed E-state index contributed by atoms with van der Waals surface area (Å²) in [5, 5.41) is 20.3. The molecule has 0 heterocycles. The average Bonchev–Trinajstić information content (AvgIpc) is 2.89. The van der Waals surface area contributed by atoms with Gasteiger partial charge in [-0.25, -0.2) is 0 Å². The minimum atomic E-state index is -1.70. The molecule has 7 atom stereocenters. The molecule has 1 unspecified atom stereocenters. The summed E-state index contributed by atoms with van der Waals surface area (Å²) in [5.74, 6) is -0.783. The summed E-state index contributed by atoms with van der Waals surface area (Å²) in [7, 11) is 1.48. The van der Waals surface area contributed by atoms with Crippen LogP contribution in [0.3, 0.4) is 0 Å². The summed E-state index contributed by atoms with van der Waals surface area (Å²) >= 11 is 0. The van der Waals surface area contributed by atoms with E-state index in [0.29, 0.717) is 37.0 Å². The van der Waals surface area contributed by atoms with Crippen LogP contribution in [0.1, 0.15) is 72.1 Å². The number of carbonyl (C=O) groups is 2. The van der Waals surface area contributed by atoms with E-state index in [2.05, 4.69) is 20.8 Å². The van der Waals surface area contributed by atoms with Crippen LogP contribution >= 0.6 is 0 Å². The molecule has 4 saturated carbocycles. The Bertz CT molecular complexity index is 672. The molecule has 0 amide bonds. The van der Waals surface area contributed by atoms with Crippen LogP contribution < -0.4 is 0 Å². The number of ketones is 1. The molecule has 4 rings (SSSR count). The van der Waals surface area contributed by atoms with Crippen molar-refractivity contribution in [2.75, 3.05) is 7.11 Å². The first-order chi connectivity index (χ1) is 12.5. The van der Waals surface area contributed by atoms with E-state index in [9.17, 15) is 19.8 Å². The van der Waals surface area contributed by atoms with E-state index < -0.39 is 11.2 Å². The van der Waals surface area contributed by atoms with Gasteiger partial charge in [-0.15, -0.1) is 0 Å². The lowest BCUT2D eigenvalue weighted by molar-refractivity contribution is -0.230. The van der Waals surface area contributed by atoms with Crippen LogP contribution in [-0.4, -0.2) is 34.9 Å². The summed E-state index contributed by atoms with van der Waals surface area (Å²) in [5.41, 5.74) is -0.756. The number of rotatable bonds is 1. The third-order valence-electron chi connectivity index (χ3n) is 9.74. The minimum absolute atomic E-state index is 0.111. The van der Waals surface area contributed by atoms with Crippen molar-refractivity contribution in [2.45, 2.75) is 77.9 Å². The second kappa shape index (κ2) is 5.79. The fraction of sp³-hybridized carbons (Fsp3) is 0.909. The Hall–Kier alpha value is -0.940. The number of fused-ring (bicyclic) bond motifs is 5. The van der Waals surface area contributed by atoms with Crippen molar-refractivity contribution in [1.82, 2.24) is 0 Å². The Labute approximate surface area is 161 Å². The highest BCUT2D eigenvalue weighted by Crippen LogP contribution is 2.70. The van der Waals surface area contributed by atoms with Crippen LogP contribution in [0.4, 0.5) is 0 Å². The van der Waals surface area contributed by atoms with Gasteiger partial charge in [-0.3, -0.25) is 9.59 Å². The highest BCUT2D eigenvalue weighted by Gasteiger charge is 2.67. The number of Topliss-reactive ketones (excluding diaryl/α,β-unsaturated/α-hetero) is 1. The smallest absolute Gasteiger partial charge is 0.312 e. The van der Waals surface area contributed by atoms with E-state index in [4.69, 9.17) is 4.74 Å². The lowest BCUT2D eigenvalue weighted by atomic mass is 9.43. The lowest BCUT2D eigenvalue weighted by Crippen LogP contribution is -2.60. The predicted molar refractivity (Wildman–Crippen MR) is 99.4 cm³/mol. The van der Waals surface area contributed by atoms with Gasteiger partial charge in [0, 0.05) is 25.2 Å². The van der Waals surface area contributed by atoms with Crippen LogP contribution in [0.25, 0.3) is 0 Å². The van der Waals surface area contributed by atoms with Crippen molar-refractivity contribution in [1.29, 1.82) is 0 Å². The maximum atomic E-state index is 13.1. The average molecular weight is 379 g/mol. The van der Waals surface area contributed by atoms with Crippen molar-refractivity contribution in [2.24, 2.45) is 39.9 Å². The fourth-order valence-electron chi connectivity index (χ4n) is 7.82. The third-order valence-corrected chi connectivity index (χ3v) is 9.74. The van der Waals surface area contributed by atoms with Crippen molar-refractivity contribution >= 4 is 11.8 Å². The van der Waals surface area contributed by atoms with Gasteiger partial charge in [0.2, 0.25) is 0 Å². The molecule has 4 aliphatic carbocycles. The minimum Gasteiger partial charge on any atom is -0.469 e. The summed E-state index contributed by atoms with van der Waals surface area (Å²) in [6, 6.07) is 0. The molecular formula is C22H34O5. The van der Waals surface area contributed by atoms with E-state index in [1.807, 2.05) is 0 Å². The SMILES string of the molecule is COC(=O)[C@@]1(C)CC[C@H]2[C@@H]3CC(=O)C4CC(O)(O)CC[C@]4(C)[C@H]3CC[C@@]21C. The zero-order chi connectivity index (χ0) is 19.8. The van der Waals surface area contributed by atoms with Gasteiger partial charge in [0.25, 0.3) is 0 Å². The van der Waals surface area contributed by atoms with Crippen LogP contribution in [0.5, 0.6) is 0 Å². The predicted octanol–water partition coefficient (Wildman–Crippen LogP) is 3.07. The molecule has 152 valence electrons. The molecule has 0 aliphatic heterocycles. The fourth-order valence-corrected chi connectivity index (χ4v) is 7.82. The van der Waals surface area contributed by atoms with E-state index in [1.165, 1.54) is 7.11 Å². The van der Waals surface area contributed by atoms with Crippen molar-refractivity contribution < 1.29 is 24.5 Å². The molecular weight excluding hydrogens is 344 g/mol. The molecule has 0 aromatic carbocycles. The van der Waals surface area contributed by atoms with E-state index in [-0.39, 0.29) is 34.9 Å². The second-order valence-corrected chi connectivity index (χ2v) is 10.6. The highest BCUT2D eigenvalue weighted by molar-refractivity contribution is 5.84. The van der Waals surface area contributed by atoms with Crippen LogP contribution in [0.15, 0.2) is 0 Å². The number of hydrogen-bond acceptors (Lipinski definition) is 5. The van der Waals surface area contributed by atoms with Crippen molar-refractivity contribution in [3.05, 3.63) is 0 Å². The Morgan fingerprint density at radius 1 is 1.04 bits per heavy atom. The van der Waals surface area contributed by atoms with Crippen LogP contribution in [0, 0.1) is 39.9 Å². The molecule has 0 aromatic rings. The first-order valence-electron chi connectivity index (χ1n) is 10.5. The van der Waals surface area contributed by atoms with Gasteiger partial charge in [-0.1, -0.05) is 13.8 Å². The van der Waals surface area contributed by atoms with Gasteiger partial charge in [-0.2, -0.15) is 0 Å². The van der Waals surface area contributed by atoms with Crippen LogP contribution in [0.2, 0.25) is 0 Å². The molecule has 0 spiro atoms. The van der Waals surface area contributed by atoms with Gasteiger partial charge in [0.1, 0.15) is 5.78 Å². The van der Waals surface area contributed by atoms with Gasteiger partial charge in [0.05, 0.1) is 12.5 Å².